The molecule has 1 aliphatic heterocycles. The fourth-order valence-electron chi connectivity index (χ4n) is 2.97. The van der Waals surface area contributed by atoms with Gasteiger partial charge >= 0.3 is 0 Å². The third kappa shape index (κ3) is 3.32. The molecule has 1 unspecified atom stereocenters. The number of halogens is 2. The minimum Gasteiger partial charge on any atom is -0.337 e. The number of carbonyl (C=O) groups is 1. The van der Waals surface area contributed by atoms with Crippen LogP contribution in [0.3, 0.4) is 0 Å². The highest BCUT2D eigenvalue weighted by atomic mass is 35.5. The van der Waals surface area contributed by atoms with Crippen LogP contribution in [0.1, 0.15) is 49.5 Å². The van der Waals surface area contributed by atoms with Crippen molar-refractivity contribution in [1.82, 2.24) is 9.47 Å². The number of hydrogen-bond donors (Lipinski definition) is 0. The van der Waals surface area contributed by atoms with Gasteiger partial charge in [-0.25, -0.2) is 0 Å². The molecule has 1 aromatic rings. The van der Waals surface area contributed by atoms with Gasteiger partial charge in [0.15, 0.2) is 0 Å². The van der Waals surface area contributed by atoms with Gasteiger partial charge in [0.05, 0.1) is 5.02 Å². The van der Waals surface area contributed by atoms with E-state index in [9.17, 15) is 4.79 Å². The van der Waals surface area contributed by atoms with E-state index in [0.29, 0.717) is 15.9 Å². The first kappa shape index (κ1) is 15.7. The number of aromatic nitrogens is 1. The number of hydrogen-bond acceptors (Lipinski definition) is 1. The van der Waals surface area contributed by atoms with Gasteiger partial charge in [-0.05, 0) is 31.2 Å². The van der Waals surface area contributed by atoms with Crippen LogP contribution in [0.2, 0.25) is 10.2 Å². The minimum absolute atomic E-state index is 0.0402. The number of nitrogens with zero attached hydrogens (tertiary/aromatic N) is 2. The first-order valence-corrected chi connectivity index (χ1v) is 8.10. The highest BCUT2D eigenvalue weighted by Crippen LogP contribution is 2.27. The molecule has 3 nitrogen and oxygen atoms in total. The summed E-state index contributed by atoms with van der Waals surface area (Å²) in [6.07, 6.45) is 5.91. The van der Waals surface area contributed by atoms with E-state index in [1.165, 1.54) is 19.3 Å². The van der Waals surface area contributed by atoms with E-state index >= 15 is 0 Å². The molecule has 1 saturated heterocycles. The number of likely N-dealkylation sites (tertiary alicyclic amines) is 1. The van der Waals surface area contributed by atoms with Crippen LogP contribution in [0.15, 0.2) is 6.07 Å². The van der Waals surface area contributed by atoms with Crippen molar-refractivity contribution in [2.75, 3.05) is 13.1 Å². The lowest BCUT2D eigenvalue weighted by atomic mass is 9.96. The molecule has 1 aliphatic rings. The lowest BCUT2D eigenvalue weighted by Crippen LogP contribution is -2.33. The molecule has 0 N–H and O–H groups in total. The Balaban J connectivity index is 2.07. The van der Waals surface area contributed by atoms with E-state index in [0.717, 1.165) is 31.8 Å². The number of amides is 1. The molecule has 5 heteroatoms. The van der Waals surface area contributed by atoms with Crippen molar-refractivity contribution in [3.8, 4) is 0 Å². The quantitative estimate of drug-likeness (QED) is 0.812. The summed E-state index contributed by atoms with van der Waals surface area (Å²) in [4.78, 5) is 14.5. The van der Waals surface area contributed by atoms with Crippen LogP contribution in [-0.4, -0.2) is 28.5 Å². The Labute approximate surface area is 130 Å². The summed E-state index contributed by atoms with van der Waals surface area (Å²) in [7, 11) is 1.78. The second-order valence-electron chi connectivity index (χ2n) is 5.61. The van der Waals surface area contributed by atoms with Crippen molar-refractivity contribution in [2.45, 2.75) is 39.0 Å². The summed E-state index contributed by atoms with van der Waals surface area (Å²) in [5.41, 5.74) is 0.578. The van der Waals surface area contributed by atoms with Gasteiger partial charge in [-0.2, -0.15) is 0 Å². The molecule has 0 radical (unpaired) electrons. The Morgan fingerprint density at radius 1 is 1.35 bits per heavy atom. The molecule has 0 bridgehead atoms. The van der Waals surface area contributed by atoms with E-state index in [1.807, 2.05) is 4.90 Å². The van der Waals surface area contributed by atoms with Crippen LogP contribution in [0.4, 0.5) is 0 Å². The highest BCUT2D eigenvalue weighted by Gasteiger charge is 2.24. The molecule has 0 aromatic carbocycles. The topological polar surface area (TPSA) is 25.2 Å². The maximum atomic E-state index is 12.6. The number of carbonyl (C=O) groups excluding carboxylic acids is 1. The average Bonchev–Trinajstić information content (AvgIpc) is 2.63. The first-order chi connectivity index (χ1) is 9.54. The molecule has 1 aromatic heterocycles. The molecule has 112 valence electrons. The zero-order valence-corrected chi connectivity index (χ0v) is 13.7. The van der Waals surface area contributed by atoms with Gasteiger partial charge in [0.2, 0.25) is 0 Å². The smallest absolute Gasteiger partial charge is 0.270 e. The molecule has 1 atom stereocenters. The van der Waals surface area contributed by atoms with Crippen LogP contribution in [0.5, 0.6) is 0 Å². The zero-order chi connectivity index (χ0) is 14.7. The van der Waals surface area contributed by atoms with E-state index < -0.39 is 0 Å². The standard InChI is InChI=1S/C15H22Cl2N2O/c1-3-5-11-6-4-8-19(9-7-11)15(20)13-10-12(16)14(17)18(13)2/h10-11H,3-9H2,1-2H3. The zero-order valence-electron chi connectivity index (χ0n) is 12.2. The molecular formula is C15H22Cl2N2O. The molecule has 2 heterocycles. The van der Waals surface area contributed by atoms with Crippen LogP contribution >= 0.6 is 23.2 Å². The summed E-state index contributed by atoms with van der Waals surface area (Å²) in [5.74, 6) is 0.803. The lowest BCUT2D eigenvalue weighted by molar-refractivity contribution is 0.0750. The minimum atomic E-state index is 0.0402. The highest BCUT2D eigenvalue weighted by molar-refractivity contribution is 6.41. The first-order valence-electron chi connectivity index (χ1n) is 7.34. The number of rotatable bonds is 3. The molecule has 0 spiro atoms. The van der Waals surface area contributed by atoms with E-state index in [2.05, 4.69) is 6.92 Å². The molecule has 1 fully saturated rings. The van der Waals surface area contributed by atoms with Gasteiger partial charge in [0, 0.05) is 20.1 Å². The largest absolute Gasteiger partial charge is 0.337 e. The van der Waals surface area contributed by atoms with Crippen molar-refractivity contribution in [3.63, 3.8) is 0 Å². The third-order valence-electron chi connectivity index (χ3n) is 4.17. The Bertz CT molecular complexity index is 484. The summed E-state index contributed by atoms with van der Waals surface area (Å²) in [5, 5.41) is 0.866. The molecule has 0 saturated carbocycles. The van der Waals surface area contributed by atoms with Crippen molar-refractivity contribution in [2.24, 2.45) is 13.0 Å². The molecule has 2 rings (SSSR count). The predicted octanol–water partition coefficient (Wildman–Crippen LogP) is 4.37. The van der Waals surface area contributed by atoms with Crippen molar-refractivity contribution < 1.29 is 4.79 Å². The Hall–Kier alpha value is -0.670. The second kappa shape index (κ2) is 6.86. The molecule has 0 aliphatic carbocycles. The predicted molar refractivity (Wildman–Crippen MR) is 83.6 cm³/mol. The SMILES string of the molecule is CCCC1CCCN(C(=O)c2cc(Cl)c(Cl)n2C)CC1. The van der Waals surface area contributed by atoms with Gasteiger partial charge in [-0.15, -0.1) is 0 Å². The van der Waals surface area contributed by atoms with Crippen molar-refractivity contribution in [1.29, 1.82) is 0 Å². The third-order valence-corrected chi connectivity index (χ3v) is 5.01. The molecular weight excluding hydrogens is 295 g/mol. The van der Waals surface area contributed by atoms with Crippen LogP contribution in [-0.2, 0) is 7.05 Å². The molecule has 20 heavy (non-hydrogen) atoms. The van der Waals surface area contributed by atoms with Gasteiger partial charge in [0.1, 0.15) is 10.8 Å². The Morgan fingerprint density at radius 2 is 2.10 bits per heavy atom. The van der Waals surface area contributed by atoms with Gasteiger partial charge in [0.25, 0.3) is 5.91 Å². The van der Waals surface area contributed by atoms with Crippen LogP contribution in [0, 0.1) is 5.92 Å². The lowest BCUT2D eigenvalue weighted by Gasteiger charge is -2.21. The van der Waals surface area contributed by atoms with Gasteiger partial charge in [-0.1, -0.05) is 43.0 Å². The van der Waals surface area contributed by atoms with Gasteiger partial charge in [-0.3, -0.25) is 4.79 Å². The van der Waals surface area contributed by atoms with Crippen molar-refractivity contribution >= 4 is 29.1 Å². The Morgan fingerprint density at radius 3 is 2.70 bits per heavy atom. The van der Waals surface area contributed by atoms with Crippen molar-refractivity contribution in [3.05, 3.63) is 21.9 Å². The second-order valence-corrected chi connectivity index (χ2v) is 6.37. The summed E-state index contributed by atoms with van der Waals surface area (Å²) in [6.45, 7) is 3.89. The van der Waals surface area contributed by atoms with Crippen LogP contribution < -0.4 is 0 Å². The summed E-state index contributed by atoms with van der Waals surface area (Å²) >= 11 is 12.0. The monoisotopic (exact) mass is 316 g/mol. The maximum absolute atomic E-state index is 12.6. The van der Waals surface area contributed by atoms with E-state index in [4.69, 9.17) is 23.2 Å². The summed E-state index contributed by atoms with van der Waals surface area (Å²) in [6, 6.07) is 1.67. The summed E-state index contributed by atoms with van der Waals surface area (Å²) < 4.78 is 1.67. The van der Waals surface area contributed by atoms with Crippen LogP contribution in [0.25, 0.3) is 0 Å². The Kier molecular flexibility index (Phi) is 5.39. The molecule has 1 amide bonds. The maximum Gasteiger partial charge on any atom is 0.270 e. The normalized spacial score (nSPS) is 20.0. The van der Waals surface area contributed by atoms with Gasteiger partial charge < -0.3 is 9.47 Å². The average molecular weight is 317 g/mol. The fourth-order valence-corrected chi connectivity index (χ4v) is 3.35. The van der Waals surface area contributed by atoms with E-state index in [1.54, 1.807) is 17.7 Å². The van der Waals surface area contributed by atoms with E-state index in [-0.39, 0.29) is 5.91 Å². The fraction of sp³-hybridized carbons (Fsp3) is 0.667.